The lowest BCUT2D eigenvalue weighted by Crippen LogP contribution is -2.41. The van der Waals surface area contributed by atoms with Crippen molar-refractivity contribution in [2.75, 3.05) is 26.2 Å². The first-order valence-electron chi connectivity index (χ1n) is 9.92. The highest BCUT2D eigenvalue weighted by molar-refractivity contribution is 5.79. The number of aromatic nitrogens is 2. The number of fused-ring (bicyclic) bond motifs is 1. The second-order valence-corrected chi connectivity index (χ2v) is 7.45. The Kier molecular flexibility index (Phi) is 5.58. The van der Waals surface area contributed by atoms with E-state index < -0.39 is 0 Å². The predicted molar refractivity (Wildman–Crippen MR) is 110 cm³/mol. The normalized spacial score (nSPS) is 17.6. The number of nitrogens with one attached hydrogen (secondary N) is 2. The molecule has 4 rings (SSSR count). The van der Waals surface area contributed by atoms with Crippen LogP contribution in [0, 0.1) is 0 Å². The monoisotopic (exact) mass is 378 g/mol. The van der Waals surface area contributed by atoms with Crippen LogP contribution in [0.15, 0.2) is 59.4 Å². The molecule has 2 aromatic carbocycles. The van der Waals surface area contributed by atoms with Gasteiger partial charge in [0.05, 0.1) is 10.9 Å². The second-order valence-electron chi connectivity index (χ2n) is 7.45. The SMILES string of the molecule is O=C(Cn1[nH]c2ccccc2c1=O)NCCN1CCC[C@H](c2ccccc2)C1. The Morgan fingerprint density at radius 2 is 1.89 bits per heavy atom. The van der Waals surface area contributed by atoms with Crippen LogP contribution in [0.1, 0.15) is 24.3 Å². The molecule has 1 fully saturated rings. The smallest absolute Gasteiger partial charge is 0.274 e. The maximum Gasteiger partial charge on any atom is 0.274 e. The van der Waals surface area contributed by atoms with Gasteiger partial charge in [-0.05, 0) is 43.0 Å². The Bertz CT molecular complexity index is 992. The van der Waals surface area contributed by atoms with Crippen LogP contribution < -0.4 is 10.9 Å². The second kappa shape index (κ2) is 8.44. The standard InChI is InChI=1S/C22H26N4O2/c27-21(16-26-22(28)19-10-4-5-11-20(19)24-26)23-12-14-25-13-6-9-18(15-25)17-7-2-1-3-8-17/h1-5,7-8,10-11,18,24H,6,9,12-16H2,(H,23,27)/t18-/m0/s1. The molecule has 28 heavy (non-hydrogen) atoms. The molecular weight excluding hydrogens is 352 g/mol. The maximum absolute atomic E-state index is 12.3. The summed E-state index contributed by atoms with van der Waals surface area (Å²) in [5.74, 6) is 0.417. The summed E-state index contributed by atoms with van der Waals surface area (Å²) < 4.78 is 1.37. The molecule has 0 saturated carbocycles. The zero-order valence-electron chi connectivity index (χ0n) is 15.9. The number of rotatable bonds is 6. The van der Waals surface area contributed by atoms with Crippen molar-refractivity contribution in [1.29, 1.82) is 0 Å². The van der Waals surface area contributed by atoms with Crippen LogP contribution in [-0.2, 0) is 11.3 Å². The fourth-order valence-corrected chi connectivity index (χ4v) is 4.03. The minimum Gasteiger partial charge on any atom is -0.353 e. The Hall–Kier alpha value is -2.86. The van der Waals surface area contributed by atoms with E-state index >= 15 is 0 Å². The molecule has 1 aliphatic heterocycles. The van der Waals surface area contributed by atoms with Crippen molar-refractivity contribution < 1.29 is 4.79 Å². The van der Waals surface area contributed by atoms with Gasteiger partial charge < -0.3 is 10.2 Å². The lowest BCUT2D eigenvalue weighted by atomic mass is 9.91. The number of hydrogen-bond donors (Lipinski definition) is 2. The minimum atomic E-state index is -0.160. The number of amides is 1. The molecule has 0 radical (unpaired) electrons. The first kappa shape index (κ1) is 18.5. The molecule has 1 atom stereocenters. The van der Waals surface area contributed by atoms with Gasteiger partial charge in [-0.25, -0.2) is 4.68 Å². The fourth-order valence-electron chi connectivity index (χ4n) is 4.03. The number of piperidine rings is 1. The number of H-pyrrole nitrogens is 1. The molecule has 3 aromatic rings. The Balaban J connectivity index is 1.27. The summed E-state index contributed by atoms with van der Waals surface area (Å²) in [5, 5.41) is 6.54. The van der Waals surface area contributed by atoms with E-state index in [1.807, 2.05) is 18.2 Å². The number of hydrogen-bond acceptors (Lipinski definition) is 3. The van der Waals surface area contributed by atoms with E-state index in [1.165, 1.54) is 23.1 Å². The highest BCUT2D eigenvalue weighted by atomic mass is 16.2. The zero-order chi connectivity index (χ0) is 19.3. The topological polar surface area (TPSA) is 70.1 Å². The minimum absolute atomic E-state index is 0.0140. The summed E-state index contributed by atoms with van der Waals surface area (Å²) in [5.41, 5.74) is 1.99. The molecule has 6 nitrogen and oxygen atoms in total. The molecule has 0 spiro atoms. The van der Waals surface area contributed by atoms with E-state index in [4.69, 9.17) is 0 Å². The van der Waals surface area contributed by atoms with Crippen molar-refractivity contribution in [3.8, 4) is 0 Å². The summed E-state index contributed by atoms with van der Waals surface area (Å²) in [4.78, 5) is 27.0. The van der Waals surface area contributed by atoms with E-state index in [1.54, 1.807) is 6.07 Å². The van der Waals surface area contributed by atoms with Crippen molar-refractivity contribution in [3.05, 3.63) is 70.5 Å². The average Bonchev–Trinajstić information content (AvgIpc) is 3.04. The average molecular weight is 378 g/mol. The molecule has 1 saturated heterocycles. The van der Waals surface area contributed by atoms with E-state index in [2.05, 4.69) is 45.6 Å². The first-order valence-corrected chi connectivity index (χ1v) is 9.92. The van der Waals surface area contributed by atoms with Crippen LogP contribution >= 0.6 is 0 Å². The van der Waals surface area contributed by atoms with E-state index in [0.717, 1.165) is 25.2 Å². The summed E-state index contributed by atoms with van der Waals surface area (Å²) >= 11 is 0. The highest BCUT2D eigenvalue weighted by Gasteiger charge is 2.21. The zero-order valence-corrected chi connectivity index (χ0v) is 15.9. The number of nitrogens with zero attached hydrogens (tertiary/aromatic N) is 2. The van der Waals surface area contributed by atoms with Gasteiger partial charge in [0.25, 0.3) is 5.56 Å². The van der Waals surface area contributed by atoms with Gasteiger partial charge >= 0.3 is 0 Å². The molecule has 1 amide bonds. The molecule has 6 heteroatoms. The quantitative estimate of drug-likeness (QED) is 0.692. The van der Waals surface area contributed by atoms with Crippen LogP contribution in [-0.4, -0.2) is 46.8 Å². The first-order chi connectivity index (χ1) is 13.7. The van der Waals surface area contributed by atoms with Crippen LogP contribution in [0.2, 0.25) is 0 Å². The molecule has 2 heterocycles. The van der Waals surface area contributed by atoms with Crippen LogP contribution in [0.3, 0.4) is 0 Å². The van der Waals surface area contributed by atoms with Gasteiger partial charge in [-0.15, -0.1) is 0 Å². The predicted octanol–water partition coefficient (Wildman–Crippen LogP) is 2.33. The number of benzene rings is 2. The number of carbonyl (C=O) groups excluding carboxylic acids is 1. The van der Waals surface area contributed by atoms with Gasteiger partial charge in [0, 0.05) is 19.6 Å². The van der Waals surface area contributed by atoms with Crippen molar-refractivity contribution in [2.45, 2.75) is 25.3 Å². The number of carbonyl (C=O) groups is 1. The molecule has 1 aromatic heterocycles. The highest BCUT2D eigenvalue weighted by Crippen LogP contribution is 2.26. The molecule has 0 unspecified atom stereocenters. The third-order valence-corrected chi connectivity index (χ3v) is 5.49. The van der Waals surface area contributed by atoms with Crippen LogP contribution in [0.4, 0.5) is 0 Å². The van der Waals surface area contributed by atoms with E-state index in [9.17, 15) is 9.59 Å². The number of para-hydroxylation sites is 1. The van der Waals surface area contributed by atoms with Gasteiger partial charge in [0.2, 0.25) is 5.91 Å². The summed E-state index contributed by atoms with van der Waals surface area (Å²) in [7, 11) is 0. The Morgan fingerprint density at radius 3 is 2.71 bits per heavy atom. The lowest BCUT2D eigenvalue weighted by molar-refractivity contribution is -0.121. The largest absolute Gasteiger partial charge is 0.353 e. The van der Waals surface area contributed by atoms with Crippen LogP contribution in [0.5, 0.6) is 0 Å². The molecule has 0 aliphatic carbocycles. The summed E-state index contributed by atoms with van der Waals surface area (Å²) in [6.07, 6.45) is 2.40. The maximum atomic E-state index is 12.3. The number of aromatic amines is 1. The molecule has 146 valence electrons. The molecule has 2 N–H and O–H groups in total. The van der Waals surface area contributed by atoms with Gasteiger partial charge in [0.15, 0.2) is 0 Å². The van der Waals surface area contributed by atoms with Crippen molar-refractivity contribution in [1.82, 2.24) is 20.0 Å². The van der Waals surface area contributed by atoms with Crippen molar-refractivity contribution in [2.24, 2.45) is 0 Å². The van der Waals surface area contributed by atoms with E-state index in [-0.39, 0.29) is 18.0 Å². The molecule has 1 aliphatic rings. The van der Waals surface area contributed by atoms with Gasteiger partial charge in [0.1, 0.15) is 6.54 Å². The Morgan fingerprint density at radius 1 is 1.11 bits per heavy atom. The Labute approximate surface area is 164 Å². The summed E-state index contributed by atoms with van der Waals surface area (Å²) in [6.45, 7) is 3.54. The number of likely N-dealkylation sites (tertiary alicyclic amines) is 1. The summed E-state index contributed by atoms with van der Waals surface area (Å²) in [6, 6.07) is 17.9. The van der Waals surface area contributed by atoms with Crippen LogP contribution in [0.25, 0.3) is 10.9 Å². The third-order valence-electron chi connectivity index (χ3n) is 5.49. The van der Waals surface area contributed by atoms with Gasteiger partial charge in [-0.3, -0.25) is 14.7 Å². The third kappa shape index (κ3) is 4.17. The molecular formula is C22H26N4O2. The van der Waals surface area contributed by atoms with Crippen molar-refractivity contribution >= 4 is 16.8 Å². The lowest BCUT2D eigenvalue weighted by Gasteiger charge is -2.33. The van der Waals surface area contributed by atoms with Crippen molar-refractivity contribution in [3.63, 3.8) is 0 Å². The van der Waals surface area contributed by atoms with E-state index in [0.29, 0.717) is 17.8 Å². The van der Waals surface area contributed by atoms with Gasteiger partial charge in [-0.2, -0.15) is 0 Å². The molecule has 0 bridgehead atoms. The fraction of sp³-hybridized carbons (Fsp3) is 0.364. The van der Waals surface area contributed by atoms with Gasteiger partial charge in [-0.1, -0.05) is 42.5 Å².